The SMILES string of the molecule is CC(N)CCC(=O)NCC(c1ccc(C(F)(F)F)cc1)N1CCOCC1.Cl.Cl. The van der Waals surface area contributed by atoms with Gasteiger partial charge in [-0.05, 0) is 31.0 Å². The summed E-state index contributed by atoms with van der Waals surface area (Å²) < 4.78 is 43.7. The molecule has 1 heterocycles. The Hall–Kier alpha value is -1.06. The number of hydrogen-bond acceptors (Lipinski definition) is 4. The van der Waals surface area contributed by atoms with Gasteiger partial charge in [-0.1, -0.05) is 12.1 Å². The third kappa shape index (κ3) is 8.53. The Morgan fingerprint density at radius 2 is 1.79 bits per heavy atom. The van der Waals surface area contributed by atoms with E-state index in [0.717, 1.165) is 17.7 Å². The second-order valence-electron chi connectivity index (χ2n) is 6.60. The van der Waals surface area contributed by atoms with Gasteiger partial charge in [0.05, 0.1) is 24.8 Å². The molecule has 0 aliphatic carbocycles. The van der Waals surface area contributed by atoms with Gasteiger partial charge in [0.1, 0.15) is 0 Å². The van der Waals surface area contributed by atoms with Crippen LogP contribution in [0.5, 0.6) is 0 Å². The summed E-state index contributed by atoms with van der Waals surface area (Å²) in [4.78, 5) is 14.1. The van der Waals surface area contributed by atoms with Crippen molar-refractivity contribution in [1.29, 1.82) is 0 Å². The number of amides is 1. The fourth-order valence-electron chi connectivity index (χ4n) is 2.90. The summed E-state index contributed by atoms with van der Waals surface area (Å²) in [6.07, 6.45) is -3.44. The number of nitrogens with two attached hydrogens (primary N) is 1. The van der Waals surface area contributed by atoms with Crippen LogP contribution in [0.4, 0.5) is 13.2 Å². The normalized spacial score (nSPS) is 17.0. The molecule has 162 valence electrons. The zero-order valence-corrected chi connectivity index (χ0v) is 17.3. The molecule has 1 aliphatic heterocycles. The first-order chi connectivity index (χ1) is 12.3. The van der Waals surface area contributed by atoms with Crippen LogP contribution >= 0.6 is 24.8 Å². The number of morpholine rings is 1. The Morgan fingerprint density at radius 3 is 2.29 bits per heavy atom. The van der Waals surface area contributed by atoms with Crippen molar-refractivity contribution in [3.8, 4) is 0 Å². The van der Waals surface area contributed by atoms with Gasteiger partial charge in [-0.15, -0.1) is 24.8 Å². The van der Waals surface area contributed by atoms with Crippen LogP contribution in [0.1, 0.15) is 36.9 Å². The maximum Gasteiger partial charge on any atom is 0.416 e. The van der Waals surface area contributed by atoms with E-state index < -0.39 is 11.7 Å². The van der Waals surface area contributed by atoms with Crippen molar-refractivity contribution >= 4 is 30.7 Å². The number of carbonyl (C=O) groups excluding carboxylic acids is 1. The van der Waals surface area contributed by atoms with Gasteiger partial charge in [-0.3, -0.25) is 9.69 Å². The number of nitrogens with zero attached hydrogens (tertiary/aromatic N) is 1. The fraction of sp³-hybridized carbons (Fsp3) is 0.611. The largest absolute Gasteiger partial charge is 0.416 e. The molecule has 1 aromatic carbocycles. The van der Waals surface area contributed by atoms with Crippen molar-refractivity contribution in [3.63, 3.8) is 0 Å². The lowest BCUT2D eigenvalue weighted by molar-refractivity contribution is -0.137. The average molecular weight is 446 g/mol. The molecule has 2 unspecified atom stereocenters. The lowest BCUT2D eigenvalue weighted by atomic mass is 10.0. The highest BCUT2D eigenvalue weighted by Gasteiger charge is 2.31. The maximum absolute atomic E-state index is 12.8. The summed E-state index contributed by atoms with van der Waals surface area (Å²) in [5.41, 5.74) is 5.73. The number of benzene rings is 1. The van der Waals surface area contributed by atoms with Crippen LogP contribution < -0.4 is 11.1 Å². The molecule has 0 bridgehead atoms. The first-order valence-corrected chi connectivity index (χ1v) is 8.78. The highest BCUT2D eigenvalue weighted by Crippen LogP contribution is 2.31. The Labute approximate surface area is 176 Å². The van der Waals surface area contributed by atoms with E-state index in [1.54, 1.807) is 0 Å². The van der Waals surface area contributed by atoms with Gasteiger partial charge in [-0.25, -0.2) is 0 Å². The van der Waals surface area contributed by atoms with Gasteiger partial charge in [0.2, 0.25) is 5.91 Å². The number of halogens is 5. The molecule has 1 aromatic rings. The van der Waals surface area contributed by atoms with Gasteiger partial charge in [0.15, 0.2) is 0 Å². The molecule has 5 nitrogen and oxygen atoms in total. The van der Waals surface area contributed by atoms with Gasteiger partial charge in [0, 0.05) is 32.1 Å². The van der Waals surface area contributed by atoms with Gasteiger partial charge in [0.25, 0.3) is 0 Å². The van der Waals surface area contributed by atoms with Crippen molar-refractivity contribution in [3.05, 3.63) is 35.4 Å². The van der Waals surface area contributed by atoms with E-state index in [1.807, 2.05) is 6.92 Å². The topological polar surface area (TPSA) is 67.6 Å². The highest BCUT2D eigenvalue weighted by atomic mass is 35.5. The molecule has 10 heteroatoms. The third-order valence-corrected chi connectivity index (χ3v) is 4.43. The highest BCUT2D eigenvalue weighted by molar-refractivity contribution is 5.85. The zero-order chi connectivity index (χ0) is 19.2. The first-order valence-electron chi connectivity index (χ1n) is 8.78. The number of ether oxygens (including phenoxy) is 1. The van der Waals surface area contributed by atoms with Gasteiger partial charge >= 0.3 is 6.18 Å². The minimum atomic E-state index is -4.36. The predicted octanol–water partition coefficient (Wildman–Crippen LogP) is 3.17. The Morgan fingerprint density at radius 1 is 1.21 bits per heavy atom. The summed E-state index contributed by atoms with van der Waals surface area (Å²) in [5.74, 6) is -0.104. The smallest absolute Gasteiger partial charge is 0.379 e. The van der Waals surface area contributed by atoms with E-state index in [0.29, 0.717) is 45.7 Å². The molecular formula is C18H28Cl2F3N3O2. The van der Waals surface area contributed by atoms with E-state index >= 15 is 0 Å². The van der Waals surface area contributed by atoms with E-state index in [9.17, 15) is 18.0 Å². The summed E-state index contributed by atoms with van der Waals surface area (Å²) in [6.45, 7) is 4.64. The second-order valence-corrected chi connectivity index (χ2v) is 6.60. The van der Waals surface area contributed by atoms with Crippen LogP contribution in [0.15, 0.2) is 24.3 Å². The minimum absolute atomic E-state index is 0. The quantitative estimate of drug-likeness (QED) is 0.676. The van der Waals surface area contributed by atoms with Gasteiger partial charge in [-0.2, -0.15) is 13.2 Å². The number of alkyl halides is 3. The summed E-state index contributed by atoms with van der Waals surface area (Å²) in [7, 11) is 0. The van der Waals surface area contributed by atoms with E-state index in [-0.39, 0.29) is 42.8 Å². The predicted molar refractivity (Wildman–Crippen MR) is 107 cm³/mol. The van der Waals surface area contributed by atoms with E-state index in [4.69, 9.17) is 10.5 Å². The summed E-state index contributed by atoms with van der Waals surface area (Å²) in [5, 5.41) is 2.88. The monoisotopic (exact) mass is 445 g/mol. The van der Waals surface area contributed by atoms with Crippen LogP contribution in [0, 0.1) is 0 Å². The molecular weight excluding hydrogens is 418 g/mol. The molecule has 1 amide bonds. The van der Waals surface area contributed by atoms with Crippen molar-refractivity contribution in [2.24, 2.45) is 5.73 Å². The molecule has 2 rings (SSSR count). The molecule has 2 atom stereocenters. The maximum atomic E-state index is 12.8. The number of hydrogen-bond donors (Lipinski definition) is 2. The van der Waals surface area contributed by atoms with E-state index in [2.05, 4.69) is 10.2 Å². The van der Waals surface area contributed by atoms with Gasteiger partial charge < -0.3 is 15.8 Å². The molecule has 1 saturated heterocycles. The lowest BCUT2D eigenvalue weighted by Gasteiger charge is -2.35. The fourth-order valence-corrected chi connectivity index (χ4v) is 2.90. The number of nitrogens with one attached hydrogen (secondary N) is 1. The molecule has 28 heavy (non-hydrogen) atoms. The Balaban J connectivity index is 0.00000364. The van der Waals surface area contributed by atoms with Crippen molar-refractivity contribution in [2.45, 2.75) is 38.0 Å². The van der Waals surface area contributed by atoms with Crippen LogP contribution in [-0.4, -0.2) is 49.7 Å². The lowest BCUT2D eigenvalue weighted by Crippen LogP contribution is -2.44. The Bertz CT molecular complexity index is 580. The van der Waals surface area contributed by atoms with Crippen LogP contribution in [0.2, 0.25) is 0 Å². The van der Waals surface area contributed by atoms with E-state index in [1.165, 1.54) is 12.1 Å². The molecule has 0 saturated carbocycles. The van der Waals surface area contributed by atoms with Crippen molar-refractivity contribution in [1.82, 2.24) is 10.2 Å². The average Bonchev–Trinajstić information content (AvgIpc) is 2.61. The molecule has 0 aromatic heterocycles. The molecule has 1 fully saturated rings. The second kappa shape index (κ2) is 12.5. The molecule has 0 radical (unpaired) electrons. The van der Waals surface area contributed by atoms with Crippen molar-refractivity contribution in [2.75, 3.05) is 32.8 Å². The third-order valence-electron chi connectivity index (χ3n) is 4.43. The standard InChI is InChI=1S/C18H26F3N3O2.2ClH/c1-13(22)2-7-17(25)23-12-16(24-8-10-26-11-9-24)14-3-5-15(6-4-14)18(19,20)21;;/h3-6,13,16H,2,7-12,22H2,1H3,(H,23,25);2*1H. The molecule has 1 aliphatic rings. The van der Waals surface area contributed by atoms with Crippen LogP contribution in [0.3, 0.4) is 0 Å². The van der Waals surface area contributed by atoms with Crippen molar-refractivity contribution < 1.29 is 22.7 Å². The van der Waals surface area contributed by atoms with Crippen LogP contribution in [-0.2, 0) is 15.7 Å². The summed E-state index contributed by atoms with van der Waals surface area (Å²) in [6, 6.07) is 4.89. The minimum Gasteiger partial charge on any atom is -0.379 e. The molecule has 3 N–H and O–H groups in total. The summed E-state index contributed by atoms with van der Waals surface area (Å²) >= 11 is 0. The van der Waals surface area contributed by atoms with Crippen LogP contribution in [0.25, 0.3) is 0 Å². The first kappa shape index (κ1) is 26.9. The number of carbonyl (C=O) groups is 1. The zero-order valence-electron chi connectivity index (χ0n) is 15.7. The molecule has 0 spiro atoms. The number of rotatable bonds is 7. The Kier molecular flexibility index (Phi) is 12.0.